The number of fused-ring (bicyclic) bond motifs is 6. The summed E-state index contributed by atoms with van der Waals surface area (Å²) in [5.74, 6) is -0.260. The van der Waals surface area contributed by atoms with E-state index in [2.05, 4.69) is 5.32 Å². The average molecular weight is 338 g/mol. The number of nitro groups is 1. The van der Waals surface area contributed by atoms with Crippen molar-refractivity contribution in [1.29, 1.82) is 0 Å². The maximum atomic E-state index is 12.9. The molecular weight excluding hydrogens is 324 g/mol. The number of rotatable bonds is 2. The molecular formula is C17H14N4O4. The van der Waals surface area contributed by atoms with E-state index >= 15 is 0 Å². The maximum absolute atomic E-state index is 12.9. The summed E-state index contributed by atoms with van der Waals surface area (Å²) in [4.78, 5) is 39.5. The molecule has 0 spiro atoms. The monoisotopic (exact) mass is 338 g/mol. The summed E-state index contributed by atoms with van der Waals surface area (Å²) in [6.07, 6.45) is 0.803. The van der Waals surface area contributed by atoms with Crippen molar-refractivity contribution in [3.8, 4) is 0 Å². The Morgan fingerprint density at radius 3 is 2.60 bits per heavy atom. The highest BCUT2D eigenvalue weighted by Crippen LogP contribution is 2.41. The van der Waals surface area contributed by atoms with E-state index in [1.54, 1.807) is 29.2 Å². The summed E-state index contributed by atoms with van der Waals surface area (Å²) in [6, 6.07) is 8.87. The largest absolute Gasteiger partial charge is 0.332 e. The third-order valence-corrected chi connectivity index (χ3v) is 5.42. The summed E-state index contributed by atoms with van der Waals surface area (Å²) in [6.45, 7) is 0.703. The fraction of sp³-hybridized carbons (Fsp3) is 0.294. The summed E-state index contributed by atoms with van der Waals surface area (Å²) in [5.41, 5.74) is 0.366. The van der Waals surface area contributed by atoms with Crippen LogP contribution in [-0.2, 0) is 4.79 Å². The van der Waals surface area contributed by atoms with Gasteiger partial charge in [0.2, 0.25) is 0 Å². The van der Waals surface area contributed by atoms with Crippen molar-refractivity contribution < 1.29 is 14.5 Å². The van der Waals surface area contributed by atoms with Gasteiger partial charge in [-0.1, -0.05) is 18.2 Å². The molecule has 3 fully saturated rings. The minimum Gasteiger partial charge on any atom is -0.309 e. The van der Waals surface area contributed by atoms with Crippen LogP contribution in [0.2, 0.25) is 0 Å². The number of nitrogens with zero attached hydrogens (tertiary/aromatic N) is 3. The zero-order valence-corrected chi connectivity index (χ0v) is 13.1. The van der Waals surface area contributed by atoms with E-state index in [1.165, 1.54) is 17.0 Å². The van der Waals surface area contributed by atoms with Crippen molar-refractivity contribution in [3.63, 3.8) is 0 Å². The third-order valence-electron chi connectivity index (χ3n) is 5.42. The average Bonchev–Trinajstić information content (AvgIpc) is 3.28. The Labute approximate surface area is 142 Å². The van der Waals surface area contributed by atoms with Crippen LogP contribution in [0.1, 0.15) is 6.42 Å². The molecule has 5 rings (SSSR count). The lowest BCUT2D eigenvalue weighted by Gasteiger charge is -2.26. The van der Waals surface area contributed by atoms with Gasteiger partial charge < -0.3 is 10.2 Å². The van der Waals surface area contributed by atoms with E-state index in [9.17, 15) is 19.7 Å². The van der Waals surface area contributed by atoms with Gasteiger partial charge in [-0.05, 0) is 18.6 Å². The first-order valence-electron chi connectivity index (χ1n) is 8.13. The molecule has 2 bridgehead atoms. The third kappa shape index (κ3) is 1.74. The van der Waals surface area contributed by atoms with Crippen LogP contribution in [0.25, 0.3) is 10.8 Å². The van der Waals surface area contributed by atoms with Gasteiger partial charge in [0.25, 0.3) is 11.6 Å². The highest BCUT2D eigenvalue weighted by molar-refractivity contribution is 6.25. The molecule has 3 aliphatic rings. The second kappa shape index (κ2) is 4.76. The first-order valence-corrected chi connectivity index (χ1v) is 8.13. The Kier molecular flexibility index (Phi) is 2.73. The fourth-order valence-electron chi connectivity index (χ4n) is 4.37. The van der Waals surface area contributed by atoms with Crippen LogP contribution in [-0.4, -0.2) is 46.4 Å². The fourth-order valence-corrected chi connectivity index (χ4v) is 4.37. The molecule has 0 saturated carbocycles. The molecule has 3 aliphatic heterocycles. The van der Waals surface area contributed by atoms with Crippen LogP contribution in [0.15, 0.2) is 36.4 Å². The number of urea groups is 1. The molecule has 3 saturated heterocycles. The van der Waals surface area contributed by atoms with Crippen molar-refractivity contribution in [2.75, 3.05) is 11.4 Å². The number of anilines is 1. The number of hydrogen-bond acceptors (Lipinski definition) is 5. The number of carbonyl (C=O) groups excluding carboxylic acids is 2. The zero-order chi connectivity index (χ0) is 17.3. The van der Waals surface area contributed by atoms with Gasteiger partial charge in [0, 0.05) is 30.1 Å². The van der Waals surface area contributed by atoms with Crippen LogP contribution in [0.3, 0.4) is 0 Å². The topological polar surface area (TPSA) is 95.8 Å². The van der Waals surface area contributed by atoms with E-state index in [0.29, 0.717) is 23.0 Å². The normalized spacial score (nSPS) is 27.4. The van der Waals surface area contributed by atoms with Crippen LogP contribution >= 0.6 is 0 Å². The first-order chi connectivity index (χ1) is 12.1. The predicted octanol–water partition coefficient (Wildman–Crippen LogP) is 1.63. The Morgan fingerprint density at radius 1 is 1.12 bits per heavy atom. The molecule has 2 aromatic carbocycles. The quantitative estimate of drug-likeness (QED) is 0.510. The van der Waals surface area contributed by atoms with Crippen molar-refractivity contribution >= 4 is 34.1 Å². The van der Waals surface area contributed by atoms with E-state index < -0.39 is 11.0 Å². The lowest BCUT2D eigenvalue weighted by molar-refractivity contribution is -0.383. The molecule has 25 heavy (non-hydrogen) atoms. The second-order valence-electron chi connectivity index (χ2n) is 6.62. The highest BCUT2D eigenvalue weighted by Gasteiger charge is 2.59. The van der Waals surface area contributed by atoms with Gasteiger partial charge in [-0.3, -0.25) is 14.9 Å². The molecule has 3 amide bonds. The SMILES string of the molecule is O=C1[C@@H]2[C@@H]3C[C@@H](CN3)N2C(=O)N1c1ccc([N+](=O)[O-])c2ccccc12. The number of amides is 3. The van der Waals surface area contributed by atoms with Crippen LogP contribution in [0.5, 0.6) is 0 Å². The Bertz CT molecular complexity index is 931. The minimum absolute atomic E-state index is 0.00392. The molecule has 0 aromatic heterocycles. The Hall–Kier alpha value is -3.00. The minimum atomic E-state index is -0.472. The van der Waals surface area contributed by atoms with Crippen LogP contribution in [0, 0.1) is 10.1 Å². The van der Waals surface area contributed by atoms with Gasteiger partial charge in [-0.15, -0.1) is 0 Å². The van der Waals surface area contributed by atoms with E-state index in [1.807, 2.05) is 0 Å². The summed E-state index contributed by atoms with van der Waals surface area (Å²) >= 11 is 0. The number of non-ortho nitro benzene ring substituents is 1. The number of piperazine rings is 1. The number of imide groups is 1. The number of carbonyl (C=O) groups is 2. The number of nitro benzene ring substituents is 1. The Balaban J connectivity index is 1.67. The molecule has 0 aliphatic carbocycles. The lowest BCUT2D eigenvalue weighted by atomic mass is 10.1. The Morgan fingerprint density at radius 2 is 1.88 bits per heavy atom. The van der Waals surface area contributed by atoms with Crippen LogP contribution < -0.4 is 10.2 Å². The maximum Gasteiger partial charge on any atom is 0.332 e. The molecule has 8 nitrogen and oxygen atoms in total. The standard InChI is InChI=1S/C17H14N4O4/c22-16-15-12-7-9(8-18-12)19(15)17(23)20(16)13-5-6-14(21(24)25)11-4-2-1-3-10(11)13/h1-6,9,12,15,18H,7-8H2/t9-,12-,15-/m0/s1. The molecule has 8 heteroatoms. The van der Waals surface area contributed by atoms with Crippen molar-refractivity contribution in [2.45, 2.75) is 24.5 Å². The molecule has 0 unspecified atom stereocenters. The van der Waals surface area contributed by atoms with Crippen LogP contribution in [0.4, 0.5) is 16.2 Å². The second-order valence-corrected chi connectivity index (χ2v) is 6.62. The summed E-state index contributed by atoms with van der Waals surface area (Å²) < 4.78 is 0. The predicted molar refractivity (Wildman–Crippen MR) is 89.3 cm³/mol. The number of nitrogens with one attached hydrogen (secondary N) is 1. The summed E-state index contributed by atoms with van der Waals surface area (Å²) in [5, 5.41) is 15.5. The van der Waals surface area contributed by atoms with Gasteiger partial charge >= 0.3 is 6.03 Å². The first kappa shape index (κ1) is 14.4. The number of hydrogen-bond donors (Lipinski definition) is 1. The van der Waals surface area contributed by atoms with Crippen molar-refractivity contribution in [3.05, 3.63) is 46.5 Å². The molecule has 0 radical (unpaired) electrons. The number of benzene rings is 2. The van der Waals surface area contributed by atoms with E-state index in [-0.39, 0.29) is 29.7 Å². The van der Waals surface area contributed by atoms with Gasteiger partial charge in [0.15, 0.2) is 0 Å². The van der Waals surface area contributed by atoms with E-state index in [4.69, 9.17) is 0 Å². The van der Waals surface area contributed by atoms with Gasteiger partial charge in [0.05, 0.1) is 16.0 Å². The highest BCUT2D eigenvalue weighted by atomic mass is 16.6. The lowest BCUT2D eigenvalue weighted by Crippen LogP contribution is -2.51. The van der Waals surface area contributed by atoms with Gasteiger partial charge in [-0.25, -0.2) is 9.69 Å². The molecule has 2 aromatic rings. The van der Waals surface area contributed by atoms with Gasteiger partial charge in [0.1, 0.15) is 6.04 Å². The van der Waals surface area contributed by atoms with Gasteiger partial charge in [-0.2, -0.15) is 0 Å². The van der Waals surface area contributed by atoms with E-state index in [0.717, 1.165) is 6.42 Å². The molecule has 3 heterocycles. The summed E-state index contributed by atoms with van der Waals surface area (Å²) in [7, 11) is 0. The van der Waals surface area contributed by atoms with Crippen molar-refractivity contribution in [2.24, 2.45) is 0 Å². The van der Waals surface area contributed by atoms with Crippen molar-refractivity contribution in [1.82, 2.24) is 10.2 Å². The molecule has 126 valence electrons. The smallest absolute Gasteiger partial charge is 0.309 e. The molecule has 3 atom stereocenters. The molecule has 1 N–H and O–H groups in total. The zero-order valence-electron chi connectivity index (χ0n) is 13.1.